The van der Waals surface area contributed by atoms with Gasteiger partial charge in [0, 0.05) is 69.0 Å². The van der Waals surface area contributed by atoms with Crippen molar-refractivity contribution in [3.05, 3.63) is 96.9 Å². The summed E-state index contributed by atoms with van der Waals surface area (Å²) < 4.78 is 29.5. The second-order valence-electron chi connectivity index (χ2n) is 9.58. The van der Waals surface area contributed by atoms with Crippen LogP contribution in [0, 0.1) is 0 Å². The lowest BCUT2D eigenvalue weighted by Crippen LogP contribution is -2.44. The normalized spacial score (nSPS) is 14.8. The van der Waals surface area contributed by atoms with Crippen molar-refractivity contribution in [3.8, 4) is 11.5 Å². The molecule has 0 bridgehead atoms. The van der Waals surface area contributed by atoms with E-state index in [0.29, 0.717) is 10.7 Å². The van der Waals surface area contributed by atoms with Crippen LogP contribution in [-0.2, 0) is 21.8 Å². The van der Waals surface area contributed by atoms with Gasteiger partial charge in [-0.25, -0.2) is 4.21 Å². The van der Waals surface area contributed by atoms with Crippen molar-refractivity contribution in [2.45, 2.75) is 11.4 Å². The molecular formula is C31H37N3O4S. The number of benzene rings is 3. The molecular weight excluding hydrogens is 510 g/mol. The van der Waals surface area contributed by atoms with E-state index in [-0.39, 0.29) is 0 Å². The number of nitrogens with zero attached hydrogens (tertiary/aromatic N) is 3. The molecule has 0 N–H and O–H groups in total. The molecule has 1 aliphatic heterocycles. The lowest BCUT2D eigenvalue weighted by molar-refractivity contribution is 0.156. The smallest absolute Gasteiger partial charge is 0.241 e. The number of methoxy groups -OCH3 is 2. The SMILES string of the molecule is C=C(/C=C\C(=C)N1CCN(Cc2ccc(OC)c(OC)c2)CC1)OS(=O)c1cccc2c(N(C)C)cccc12. The van der Waals surface area contributed by atoms with Gasteiger partial charge in [-0.2, -0.15) is 0 Å². The fourth-order valence-electron chi connectivity index (χ4n) is 4.69. The highest BCUT2D eigenvalue weighted by Gasteiger charge is 2.18. The fourth-order valence-corrected chi connectivity index (χ4v) is 5.58. The summed E-state index contributed by atoms with van der Waals surface area (Å²) in [6.07, 6.45) is 3.60. The molecule has 1 heterocycles. The summed E-state index contributed by atoms with van der Waals surface area (Å²) in [7, 11) is 7.28. The number of hydrogen-bond donors (Lipinski definition) is 0. The molecule has 3 aromatic carbocycles. The summed E-state index contributed by atoms with van der Waals surface area (Å²) in [4.78, 5) is 7.31. The van der Waals surface area contributed by atoms with Crippen molar-refractivity contribution in [2.24, 2.45) is 0 Å². The Labute approximate surface area is 234 Å². The number of hydrogen-bond acceptors (Lipinski definition) is 7. The monoisotopic (exact) mass is 547 g/mol. The second-order valence-corrected chi connectivity index (χ2v) is 10.7. The standard InChI is InChI=1S/C31H37N3O4S/c1-23(34-19-17-33(18-20-34)22-25-15-16-29(36-5)30(21-25)37-6)13-14-24(2)38-39(35)31-12-8-9-26-27(31)10-7-11-28(26)32(3)4/h7-16,21H,1-2,17-20,22H2,3-6H3/b14-13-. The van der Waals surface area contributed by atoms with E-state index in [1.807, 2.05) is 73.6 Å². The minimum atomic E-state index is -1.69. The number of anilines is 1. The van der Waals surface area contributed by atoms with Gasteiger partial charge in [0.1, 0.15) is 5.76 Å². The first-order chi connectivity index (χ1) is 18.8. The number of rotatable bonds is 11. The average molecular weight is 548 g/mol. The molecule has 0 aromatic heterocycles. The van der Waals surface area contributed by atoms with E-state index in [0.717, 1.165) is 66.4 Å². The highest BCUT2D eigenvalue weighted by atomic mass is 32.2. The Bertz CT molecular complexity index is 1390. The summed E-state index contributed by atoms with van der Waals surface area (Å²) in [6, 6.07) is 17.8. The van der Waals surface area contributed by atoms with Crippen LogP contribution in [-0.4, -0.2) is 68.5 Å². The highest BCUT2D eigenvalue weighted by Crippen LogP contribution is 2.31. The molecule has 206 valence electrons. The van der Waals surface area contributed by atoms with Gasteiger partial charge in [0.15, 0.2) is 11.5 Å². The molecule has 0 aliphatic carbocycles. The van der Waals surface area contributed by atoms with Crippen LogP contribution < -0.4 is 14.4 Å². The molecule has 1 unspecified atom stereocenters. The molecule has 3 aromatic rings. The van der Waals surface area contributed by atoms with Crippen LogP contribution in [0.4, 0.5) is 5.69 Å². The van der Waals surface area contributed by atoms with E-state index in [4.69, 9.17) is 13.7 Å². The Hall–Kier alpha value is -3.75. The third-order valence-electron chi connectivity index (χ3n) is 6.80. The maximum Gasteiger partial charge on any atom is 0.241 e. The van der Waals surface area contributed by atoms with Crippen LogP contribution in [0.1, 0.15) is 5.56 Å². The molecule has 4 rings (SSSR count). The number of piperazine rings is 1. The maximum absolute atomic E-state index is 13.1. The van der Waals surface area contributed by atoms with Gasteiger partial charge in [0.05, 0.1) is 19.1 Å². The summed E-state index contributed by atoms with van der Waals surface area (Å²) in [5.41, 5.74) is 3.12. The molecule has 0 radical (unpaired) electrons. The first-order valence-electron chi connectivity index (χ1n) is 12.8. The van der Waals surface area contributed by atoms with Crippen LogP contribution >= 0.6 is 0 Å². The maximum atomic E-state index is 13.1. The fraction of sp³-hybridized carbons (Fsp3) is 0.290. The number of allylic oxidation sites excluding steroid dienone is 2. The van der Waals surface area contributed by atoms with Crippen LogP contribution in [0.2, 0.25) is 0 Å². The predicted octanol–water partition coefficient (Wildman–Crippen LogP) is 5.36. The zero-order chi connectivity index (χ0) is 27.9. The quantitative estimate of drug-likeness (QED) is 0.237. The van der Waals surface area contributed by atoms with Crippen molar-refractivity contribution < 1.29 is 17.9 Å². The Morgan fingerprint density at radius 3 is 2.31 bits per heavy atom. The molecule has 0 saturated carbocycles. The van der Waals surface area contributed by atoms with E-state index in [1.165, 1.54) is 5.56 Å². The Morgan fingerprint density at radius 2 is 1.62 bits per heavy atom. The van der Waals surface area contributed by atoms with Gasteiger partial charge in [-0.05, 0) is 42.0 Å². The molecule has 39 heavy (non-hydrogen) atoms. The van der Waals surface area contributed by atoms with Crippen LogP contribution in [0.5, 0.6) is 11.5 Å². The van der Waals surface area contributed by atoms with Crippen molar-refractivity contribution in [1.29, 1.82) is 0 Å². The zero-order valence-corrected chi connectivity index (χ0v) is 24.0. The van der Waals surface area contributed by atoms with E-state index in [9.17, 15) is 4.21 Å². The van der Waals surface area contributed by atoms with Gasteiger partial charge >= 0.3 is 0 Å². The minimum absolute atomic E-state index is 0.322. The molecule has 1 saturated heterocycles. The van der Waals surface area contributed by atoms with Crippen molar-refractivity contribution in [3.63, 3.8) is 0 Å². The van der Waals surface area contributed by atoms with Gasteiger partial charge < -0.3 is 23.5 Å². The van der Waals surface area contributed by atoms with E-state index in [1.54, 1.807) is 20.3 Å². The molecule has 7 nitrogen and oxygen atoms in total. The molecule has 1 fully saturated rings. The zero-order valence-electron chi connectivity index (χ0n) is 23.2. The summed E-state index contributed by atoms with van der Waals surface area (Å²) in [6.45, 7) is 12.6. The highest BCUT2D eigenvalue weighted by molar-refractivity contribution is 7.80. The summed E-state index contributed by atoms with van der Waals surface area (Å²) in [5, 5.41) is 1.92. The van der Waals surface area contributed by atoms with Gasteiger partial charge in [-0.3, -0.25) is 4.90 Å². The lowest BCUT2D eigenvalue weighted by atomic mass is 10.1. The molecule has 8 heteroatoms. The van der Waals surface area contributed by atoms with Crippen molar-refractivity contribution in [1.82, 2.24) is 9.80 Å². The Morgan fingerprint density at radius 1 is 0.923 bits per heavy atom. The summed E-state index contributed by atoms with van der Waals surface area (Å²) >= 11 is -1.69. The molecule has 1 aliphatic rings. The minimum Gasteiger partial charge on any atom is -0.493 e. The average Bonchev–Trinajstić information content (AvgIpc) is 2.95. The molecule has 1 atom stereocenters. The number of ether oxygens (including phenoxy) is 2. The lowest BCUT2D eigenvalue weighted by Gasteiger charge is -2.36. The van der Waals surface area contributed by atoms with E-state index in [2.05, 4.69) is 29.0 Å². The molecule has 0 spiro atoms. The first kappa shape index (κ1) is 28.3. The van der Waals surface area contributed by atoms with Crippen LogP contribution in [0.15, 0.2) is 96.3 Å². The van der Waals surface area contributed by atoms with Crippen molar-refractivity contribution in [2.75, 3.05) is 59.4 Å². The second kappa shape index (κ2) is 12.9. The van der Waals surface area contributed by atoms with Gasteiger partial charge in [0.2, 0.25) is 11.1 Å². The van der Waals surface area contributed by atoms with E-state index < -0.39 is 11.1 Å². The van der Waals surface area contributed by atoms with Crippen LogP contribution in [0.25, 0.3) is 10.8 Å². The van der Waals surface area contributed by atoms with Gasteiger partial charge in [-0.1, -0.05) is 43.5 Å². The Kier molecular flexibility index (Phi) is 9.32. The number of fused-ring (bicyclic) bond motifs is 1. The Balaban J connectivity index is 1.30. The van der Waals surface area contributed by atoms with Gasteiger partial charge in [0.25, 0.3) is 0 Å². The predicted molar refractivity (Wildman–Crippen MR) is 160 cm³/mol. The topological polar surface area (TPSA) is 54.5 Å². The van der Waals surface area contributed by atoms with Crippen molar-refractivity contribution >= 4 is 27.5 Å². The largest absolute Gasteiger partial charge is 0.493 e. The third-order valence-corrected chi connectivity index (χ3v) is 7.88. The first-order valence-corrected chi connectivity index (χ1v) is 13.9. The van der Waals surface area contributed by atoms with Crippen LogP contribution in [0.3, 0.4) is 0 Å². The van der Waals surface area contributed by atoms with Gasteiger partial charge in [-0.15, -0.1) is 0 Å². The molecule has 0 amide bonds. The summed E-state index contributed by atoms with van der Waals surface area (Å²) in [5.74, 6) is 1.80. The third kappa shape index (κ3) is 6.82. The van der Waals surface area contributed by atoms with E-state index >= 15 is 0 Å².